The summed E-state index contributed by atoms with van der Waals surface area (Å²) < 4.78 is 1.99. The summed E-state index contributed by atoms with van der Waals surface area (Å²) in [5.74, 6) is 1.18. The summed E-state index contributed by atoms with van der Waals surface area (Å²) in [6.45, 7) is 4.51. The average molecular weight is 350 g/mol. The largest absolute Gasteiger partial charge is 0.384 e. The lowest BCUT2D eigenvalue weighted by atomic mass is 10.1. The maximum atomic E-state index is 13.1. The van der Waals surface area contributed by atoms with Gasteiger partial charge in [0.2, 0.25) is 5.91 Å². The van der Waals surface area contributed by atoms with Gasteiger partial charge in [0, 0.05) is 18.8 Å². The van der Waals surface area contributed by atoms with Gasteiger partial charge in [-0.25, -0.2) is 15.0 Å². The third-order valence-electron chi connectivity index (χ3n) is 4.94. The Hall–Kier alpha value is -2.96. The Morgan fingerprint density at radius 3 is 2.92 bits per heavy atom. The van der Waals surface area contributed by atoms with Gasteiger partial charge in [0.1, 0.15) is 17.3 Å². The number of anilines is 1. The van der Waals surface area contributed by atoms with Crippen LogP contribution in [0.2, 0.25) is 0 Å². The number of hydrogen-bond donors (Lipinski definition) is 1. The maximum absolute atomic E-state index is 13.1. The van der Waals surface area contributed by atoms with Crippen LogP contribution >= 0.6 is 0 Å². The number of imidazole rings is 1. The van der Waals surface area contributed by atoms with Crippen molar-refractivity contribution >= 4 is 17.4 Å². The van der Waals surface area contributed by atoms with Crippen LogP contribution in [0.5, 0.6) is 0 Å². The van der Waals surface area contributed by atoms with Crippen LogP contribution in [0, 0.1) is 13.8 Å². The molecule has 4 heterocycles. The normalized spacial score (nSPS) is 17.2. The van der Waals surface area contributed by atoms with E-state index < -0.39 is 0 Å². The van der Waals surface area contributed by atoms with Crippen LogP contribution in [0.15, 0.2) is 30.5 Å². The van der Waals surface area contributed by atoms with Crippen LogP contribution in [0.25, 0.3) is 5.65 Å². The van der Waals surface area contributed by atoms with Gasteiger partial charge in [0.25, 0.3) is 0 Å². The van der Waals surface area contributed by atoms with E-state index in [9.17, 15) is 4.79 Å². The van der Waals surface area contributed by atoms with Crippen molar-refractivity contribution in [1.29, 1.82) is 0 Å². The van der Waals surface area contributed by atoms with Gasteiger partial charge in [-0.3, -0.25) is 4.79 Å². The highest BCUT2D eigenvalue weighted by atomic mass is 16.2. The Balaban J connectivity index is 1.61. The van der Waals surface area contributed by atoms with Crippen molar-refractivity contribution in [3.05, 3.63) is 53.4 Å². The first-order valence-electron chi connectivity index (χ1n) is 8.86. The molecule has 0 bridgehead atoms. The molecule has 1 saturated heterocycles. The molecule has 3 aromatic rings. The lowest BCUT2D eigenvalue weighted by Gasteiger charge is -2.24. The smallest absolute Gasteiger partial charge is 0.229 e. The van der Waals surface area contributed by atoms with E-state index in [1.165, 1.54) is 0 Å². The summed E-state index contributed by atoms with van der Waals surface area (Å²) in [6.07, 6.45) is 4.14. The summed E-state index contributed by atoms with van der Waals surface area (Å²) in [6, 6.07) is 7.60. The second-order valence-electron chi connectivity index (χ2n) is 6.76. The molecule has 1 fully saturated rings. The van der Waals surface area contributed by atoms with Gasteiger partial charge < -0.3 is 15.0 Å². The molecule has 7 heteroatoms. The van der Waals surface area contributed by atoms with Crippen LogP contribution in [-0.4, -0.2) is 36.7 Å². The number of carbonyl (C=O) groups excluding carboxylic acids is 1. The number of pyridine rings is 1. The van der Waals surface area contributed by atoms with Gasteiger partial charge in [-0.05, 0) is 38.8 Å². The fourth-order valence-electron chi connectivity index (χ4n) is 3.78. The van der Waals surface area contributed by atoms with Gasteiger partial charge >= 0.3 is 0 Å². The number of hydrogen-bond acceptors (Lipinski definition) is 5. The molecule has 0 spiro atoms. The predicted octanol–water partition coefficient (Wildman–Crippen LogP) is 2.23. The Bertz CT molecular complexity index is 959. The number of nitrogens with zero attached hydrogens (tertiary/aromatic N) is 5. The van der Waals surface area contributed by atoms with Gasteiger partial charge in [-0.15, -0.1) is 0 Å². The van der Waals surface area contributed by atoms with Gasteiger partial charge in [0.15, 0.2) is 0 Å². The zero-order valence-corrected chi connectivity index (χ0v) is 15.0. The average Bonchev–Trinajstić information content (AvgIpc) is 3.19. The first-order valence-corrected chi connectivity index (χ1v) is 8.86. The minimum absolute atomic E-state index is 0.0361. The number of amides is 1. The molecule has 1 aliphatic rings. The number of nitrogens with two attached hydrogens (primary N) is 1. The van der Waals surface area contributed by atoms with Gasteiger partial charge in [0.05, 0.1) is 29.5 Å². The first-order chi connectivity index (χ1) is 12.5. The zero-order chi connectivity index (χ0) is 18.3. The monoisotopic (exact) mass is 350 g/mol. The molecule has 1 atom stereocenters. The predicted molar refractivity (Wildman–Crippen MR) is 98.5 cm³/mol. The highest BCUT2D eigenvalue weighted by molar-refractivity contribution is 5.79. The molecule has 0 saturated carbocycles. The van der Waals surface area contributed by atoms with Crippen LogP contribution in [0.4, 0.5) is 5.82 Å². The van der Waals surface area contributed by atoms with Crippen molar-refractivity contribution in [2.75, 3.05) is 12.3 Å². The van der Waals surface area contributed by atoms with Crippen LogP contribution in [-0.2, 0) is 11.2 Å². The number of aryl methyl sites for hydroxylation is 2. The topological polar surface area (TPSA) is 89.4 Å². The van der Waals surface area contributed by atoms with E-state index in [1.807, 2.05) is 47.5 Å². The van der Waals surface area contributed by atoms with E-state index in [2.05, 4.69) is 15.0 Å². The summed E-state index contributed by atoms with van der Waals surface area (Å²) in [5.41, 5.74) is 9.40. The summed E-state index contributed by atoms with van der Waals surface area (Å²) in [7, 11) is 0. The molecule has 1 aliphatic heterocycles. The molecule has 0 radical (unpaired) electrons. The standard InChI is InChI=1S/C19H22N6O/c1-12-16(24-8-4-3-7-18(24)21-12)11-19(26)25-9-5-6-15(25)14-10-17(20)23-13(2)22-14/h3-4,7-8,10,15H,5-6,9,11H2,1-2H3,(H2,20,22,23)/t15-/m0/s1. The number of likely N-dealkylation sites (tertiary alicyclic amines) is 1. The van der Waals surface area contributed by atoms with Crippen molar-refractivity contribution in [3.8, 4) is 0 Å². The number of carbonyl (C=O) groups is 1. The molecule has 3 aromatic heterocycles. The molecule has 26 heavy (non-hydrogen) atoms. The molecular formula is C19H22N6O. The third-order valence-corrected chi connectivity index (χ3v) is 4.94. The van der Waals surface area contributed by atoms with Crippen molar-refractivity contribution in [3.63, 3.8) is 0 Å². The minimum Gasteiger partial charge on any atom is -0.384 e. The van der Waals surface area contributed by atoms with Crippen molar-refractivity contribution in [1.82, 2.24) is 24.3 Å². The van der Waals surface area contributed by atoms with Crippen molar-refractivity contribution in [2.24, 2.45) is 0 Å². The van der Waals surface area contributed by atoms with Crippen LogP contribution in [0.3, 0.4) is 0 Å². The molecule has 134 valence electrons. The lowest BCUT2D eigenvalue weighted by molar-refractivity contribution is -0.131. The maximum Gasteiger partial charge on any atom is 0.229 e. The molecular weight excluding hydrogens is 328 g/mol. The number of aromatic nitrogens is 4. The van der Waals surface area contributed by atoms with E-state index in [-0.39, 0.29) is 11.9 Å². The van der Waals surface area contributed by atoms with Gasteiger partial charge in [-0.2, -0.15) is 0 Å². The lowest BCUT2D eigenvalue weighted by Crippen LogP contribution is -2.32. The zero-order valence-electron chi connectivity index (χ0n) is 15.0. The minimum atomic E-state index is -0.0361. The van der Waals surface area contributed by atoms with E-state index in [1.54, 1.807) is 6.07 Å². The molecule has 4 rings (SSSR count). The summed E-state index contributed by atoms with van der Waals surface area (Å²) >= 11 is 0. The molecule has 0 unspecified atom stereocenters. The summed E-state index contributed by atoms with van der Waals surface area (Å²) in [5, 5.41) is 0. The highest BCUT2D eigenvalue weighted by Gasteiger charge is 2.32. The fourth-order valence-corrected chi connectivity index (χ4v) is 3.78. The number of fused-ring (bicyclic) bond motifs is 1. The quantitative estimate of drug-likeness (QED) is 0.782. The second-order valence-corrected chi connectivity index (χ2v) is 6.76. The highest BCUT2D eigenvalue weighted by Crippen LogP contribution is 2.32. The van der Waals surface area contributed by atoms with Crippen LogP contribution < -0.4 is 5.73 Å². The first kappa shape index (κ1) is 16.5. The Morgan fingerprint density at radius 1 is 1.27 bits per heavy atom. The van der Waals surface area contributed by atoms with E-state index in [0.29, 0.717) is 18.1 Å². The Kier molecular flexibility index (Phi) is 4.06. The number of nitrogen functional groups attached to an aromatic ring is 1. The number of rotatable bonds is 3. The third kappa shape index (κ3) is 2.89. The second kappa shape index (κ2) is 6.40. The van der Waals surface area contributed by atoms with E-state index in [4.69, 9.17) is 5.73 Å². The Morgan fingerprint density at radius 2 is 2.12 bits per heavy atom. The van der Waals surface area contributed by atoms with E-state index >= 15 is 0 Å². The van der Waals surface area contributed by atoms with Gasteiger partial charge in [-0.1, -0.05) is 6.07 Å². The molecule has 2 N–H and O–H groups in total. The molecule has 0 aliphatic carbocycles. The molecule has 0 aromatic carbocycles. The Labute approximate surface area is 151 Å². The molecule has 7 nitrogen and oxygen atoms in total. The SMILES string of the molecule is Cc1nc(N)cc([C@@H]2CCCN2C(=O)Cc2c(C)nc3ccccn23)n1. The van der Waals surface area contributed by atoms with Crippen molar-refractivity contribution < 1.29 is 4.79 Å². The fraction of sp³-hybridized carbons (Fsp3) is 0.368. The summed E-state index contributed by atoms with van der Waals surface area (Å²) in [4.78, 5) is 28.2. The molecule has 1 amide bonds. The van der Waals surface area contributed by atoms with Crippen LogP contribution in [0.1, 0.15) is 41.8 Å². The van der Waals surface area contributed by atoms with Crippen molar-refractivity contribution in [2.45, 2.75) is 39.2 Å². The van der Waals surface area contributed by atoms with E-state index in [0.717, 1.165) is 42.1 Å².